The summed E-state index contributed by atoms with van der Waals surface area (Å²) in [6.07, 6.45) is 3.64. The van der Waals surface area contributed by atoms with E-state index in [-0.39, 0.29) is 0 Å². The summed E-state index contributed by atoms with van der Waals surface area (Å²) in [6.45, 7) is 0. The summed E-state index contributed by atoms with van der Waals surface area (Å²) in [7, 11) is 0. The van der Waals surface area contributed by atoms with Crippen LogP contribution < -0.4 is 0 Å². The number of carboxylic acid groups (broad SMARTS) is 1. The molecule has 0 radical (unpaired) electrons. The maximum absolute atomic E-state index is 11.0. The number of hydrogen-bond acceptors (Lipinski definition) is 1. The molecule has 0 fully saturated rings. The van der Waals surface area contributed by atoms with E-state index < -0.39 is 5.97 Å². The van der Waals surface area contributed by atoms with Crippen molar-refractivity contribution in [3.05, 3.63) is 70.2 Å². The fourth-order valence-corrected chi connectivity index (χ4v) is 1.72. The zero-order chi connectivity index (χ0) is 13.0. The van der Waals surface area contributed by atoms with Crippen molar-refractivity contribution < 1.29 is 9.90 Å². The zero-order valence-corrected chi connectivity index (χ0v) is 10.3. The van der Waals surface area contributed by atoms with Gasteiger partial charge in [0.2, 0.25) is 0 Å². The molecule has 18 heavy (non-hydrogen) atoms. The summed E-state index contributed by atoms with van der Waals surface area (Å²) in [5.41, 5.74) is 1.95. The fraction of sp³-hybridized carbons (Fsp3) is 0. The van der Waals surface area contributed by atoms with E-state index in [0.29, 0.717) is 16.1 Å². The van der Waals surface area contributed by atoms with E-state index in [1.165, 1.54) is 0 Å². The first-order chi connectivity index (χ1) is 8.66. The summed E-state index contributed by atoms with van der Waals surface area (Å²) in [6, 6.07) is 14.2. The summed E-state index contributed by atoms with van der Waals surface area (Å²) in [4.78, 5) is 11.0. The van der Waals surface area contributed by atoms with E-state index in [9.17, 15) is 4.79 Å². The zero-order valence-electron chi connectivity index (χ0n) is 9.51. The predicted molar refractivity (Wildman–Crippen MR) is 73.8 cm³/mol. The van der Waals surface area contributed by atoms with E-state index in [2.05, 4.69) is 0 Å². The summed E-state index contributed by atoms with van der Waals surface area (Å²) in [5, 5.41) is 9.73. The van der Waals surface area contributed by atoms with Crippen molar-refractivity contribution in [2.24, 2.45) is 0 Å². The van der Waals surface area contributed by atoms with Crippen molar-refractivity contribution in [2.45, 2.75) is 0 Å². The van der Waals surface area contributed by atoms with Crippen molar-refractivity contribution in [3.8, 4) is 0 Å². The molecule has 90 valence electrons. The Hall–Kier alpha value is -2.06. The van der Waals surface area contributed by atoms with Crippen molar-refractivity contribution in [2.75, 3.05) is 0 Å². The number of benzene rings is 2. The Morgan fingerprint density at radius 2 is 1.67 bits per heavy atom. The van der Waals surface area contributed by atoms with Crippen LogP contribution in [0, 0.1) is 0 Å². The van der Waals surface area contributed by atoms with Crippen molar-refractivity contribution in [1.29, 1.82) is 0 Å². The highest BCUT2D eigenvalue weighted by Gasteiger charge is 2.05. The monoisotopic (exact) mass is 258 g/mol. The van der Waals surface area contributed by atoms with Crippen LogP contribution in [0.1, 0.15) is 21.5 Å². The lowest BCUT2D eigenvalue weighted by Gasteiger charge is -2.00. The van der Waals surface area contributed by atoms with Crippen molar-refractivity contribution in [3.63, 3.8) is 0 Å². The van der Waals surface area contributed by atoms with E-state index in [0.717, 1.165) is 5.56 Å². The molecule has 0 saturated heterocycles. The molecule has 0 atom stereocenters. The minimum Gasteiger partial charge on any atom is -0.478 e. The molecule has 3 heteroatoms. The molecule has 2 rings (SSSR count). The standard InChI is InChI=1S/C15H11ClO2/c16-13-9-6-11(7-10-13)5-8-12-3-1-2-4-14(12)15(17)18/h1-10H,(H,17,18). The van der Waals surface area contributed by atoms with Gasteiger partial charge in [-0.2, -0.15) is 0 Å². The van der Waals surface area contributed by atoms with Crippen LogP contribution in [0.4, 0.5) is 0 Å². The van der Waals surface area contributed by atoms with Gasteiger partial charge in [-0.05, 0) is 29.3 Å². The summed E-state index contributed by atoms with van der Waals surface area (Å²) < 4.78 is 0. The number of carbonyl (C=O) groups is 1. The van der Waals surface area contributed by atoms with Gasteiger partial charge in [0.05, 0.1) is 5.56 Å². The average Bonchev–Trinajstić information content (AvgIpc) is 2.38. The quantitative estimate of drug-likeness (QED) is 0.838. The number of halogens is 1. The van der Waals surface area contributed by atoms with Gasteiger partial charge in [-0.1, -0.05) is 54.1 Å². The molecule has 0 saturated carbocycles. The highest BCUT2D eigenvalue weighted by atomic mass is 35.5. The van der Waals surface area contributed by atoms with Crippen molar-refractivity contribution >= 4 is 29.7 Å². The lowest BCUT2D eigenvalue weighted by Crippen LogP contribution is -1.98. The van der Waals surface area contributed by atoms with Gasteiger partial charge in [-0.15, -0.1) is 0 Å². The predicted octanol–water partition coefficient (Wildman–Crippen LogP) is 4.21. The summed E-state index contributed by atoms with van der Waals surface area (Å²) >= 11 is 5.79. The normalized spacial score (nSPS) is 10.7. The SMILES string of the molecule is O=C(O)c1ccccc1C=Cc1ccc(Cl)cc1. The van der Waals surface area contributed by atoms with Crippen LogP contribution in [0.15, 0.2) is 48.5 Å². The number of carboxylic acids is 1. The minimum absolute atomic E-state index is 0.294. The van der Waals surface area contributed by atoms with E-state index in [4.69, 9.17) is 16.7 Å². The van der Waals surface area contributed by atoms with Gasteiger partial charge >= 0.3 is 5.97 Å². The van der Waals surface area contributed by atoms with Crippen LogP contribution in [-0.4, -0.2) is 11.1 Å². The molecule has 0 aliphatic carbocycles. The second-order valence-electron chi connectivity index (χ2n) is 3.78. The molecule has 0 spiro atoms. The molecule has 0 unspecified atom stereocenters. The third-order valence-corrected chi connectivity index (χ3v) is 2.77. The first-order valence-electron chi connectivity index (χ1n) is 5.43. The molecule has 2 aromatic carbocycles. The van der Waals surface area contributed by atoms with Gasteiger partial charge in [0.15, 0.2) is 0 Å². The number of aromatic carboxylic acids is 1. The lowest BCUT2D eigenvalue weighted by molar-refractivity contribution is 0.0696. The van der Waals surface area contributed by atoms with Crippen LogP contribution in [0.25, 0.3) is 12.2 Å². The molecule has 2 nitrogen and oxygen atoms in total. The van der Waals surface area contributed by atoms with Gasteiger partial charge in [0.1, 0.15) is 0 Å². The molecular formula is C15H11ClO2. The molecule has 0 aromatic heterocycles. The molecule has 0 amide bonds. The highest BCUT2D eigenvalue weighted by molar-refractivity contribution is 6.30. The average molecular weight is 259 g/mol. The van der Waals surface area contributed by atoms with Crippen molar-refractivity contribution in [1.82, 2.24) is 0 Å². The second-order valence-corrected chi connectivity index (χ2v) is 4.21. The molecule has 0 aliphatic rings. The Kier molecular flexibility index (Phi) is 3.80. The fourth-order valence-electron chi connectivity index (χ4n) is 1.60. The molecule has 2 aromatic rings. The molecule has 0 heterocycles. The first-order valence-corrected chi connectivity index (χ1v) is 5.80. The Morgan fingerprint density at radius 3 is 2.33 bits per heavy atom. The molecule has 0 aliphatic heterocycles. The Balaban J connectivity index is 2.29. The topological polar surface area (TPSA) is 37.3 Å². The summed E-state index contributed by atoms with van der Waals surface area (Å²) in [5.74, 6) is -0.925. The van der Waals surface area contributed by atoms with E-state index in [1.54, 1.807) is 36.4 Å². The van der Waals surface area contributed by atoms with Crippen LogP contribution in [0.3, 0.4) is 0 Å². The third-order valence-electron chi connectivity index (χ3n) is 2.52. The first kappa shape index (κ1) is 12.4. The van der Waals surface area contributed by atoms with Gasteiger partial charge in [0.25, 0.3) is 0 Å². The molecule has 0 bridgehead atoms. The largest absolute Gasteiger partial charge is 0.478 e. The third kappa shape index (κ3) is 2.99. The number of hydrogen-bond donors (Lipinski definition) is 1. The van der Waals surface area contributed by atoms with Crippen LogP contribution in [0.2, 0.25) is 5.02 Å². The smallest absolute Gasteiger partial charge is 0.336 e. The molecular weight excluding hydrogens is 248 g/mol. The van der Waals surface area contributed by atoms with Crippen LogP contribution in [-0.2, 0) is 0 Å². The van der Waals surface area contributed by atoms with Crippen LogP contribution in [0.5, 0.6) is 0 Å². The Morgan fingerprint density at radius 1 is 1.00 bits per heavy atom. The Bertz CT molecular complexity index is 586. The van der Waals surface area contributed by atoms with Gasteiger partial charge in [-0.25, -0.2) is 4.79 Å². The minimum atomic E-state index is -0.925. The van der Waals surface area contributed by atoms with E-state index >= 15 is 0 Å². The molecule has 1 N–H and O–H groups in total. The Labute approximate surface area is 110 Å². The van der Waals surface area contributed by atoms with Gasteiger partial charge in [-0.3, -0.25) is 0 Å². The van der Waals surface area contributed by atoms with Crippen LogP contribution >= 0.6 is 11.6 Å². The maximum atomic E-state index is 11.0. The van der Waals surface area contributed by atoms with Gasteiger partial charge < -0.3 is 5.11 Å². The van der Waals surface area contributed by atoms with Gasteiger partial charge in [0, 0.05) is 5.02 Å². The van der Waals surface area contributed by atoms with E-state index in [1.807, 2.05) is 24.3 Å². The highest BCUT2D eigenvalue weighted by Crippen LogP contribution is 2.15. The maximum Gasteiger partial charge on any atom is 0.336 e. The number of rotatable bonds is 3. The lowest BCUT2D eigenvalue weighted by atomic mass is 10.1. The second kappa shape index (κ2) is 5.52.